The Labute approximate surface area is 133 Å². The standard InChI is InChI=1S/C13H15F3N2O.2ClH/c14-13(15,16)10-1-2-12-9(5-10)7-18-4-3-17-6-11(18)8-19-12;;/h1-2,5,11,17H,3-4,6-8H2;2*1H. The van der Waals surface area contributed by atoms with Crippen molar-refractivity contribution in [1.82, 2.24) is 10.2 Å². The highest BCUT2D eigenvalue weighted by Crippen LogP contribution is 2.34. The predicted molar refractivity (Wildman–Crippen MR) is 78.5 cm³/mol. The lowest BCUT2D eigenvalue weighted by Gasteiger charge is -2.33. The summed E-state index contributed by atoms with van der Waals surface area (Å²) in [6.45, 7) is 3.56. The summed E-state index contributed by atoms with van der Waals surface area (Å²) in [5.41, 5.74) is 0.0164. The molecule has 8 heteroatoms. The van der Waals surface area contributed by atoms with Crippen molar-refractivity contribution in [3.8, 4) is 5.75 Å². The molecule has 0 aliphatic carbocycles. The van der Waals surface area contributed by atoms with Gasteiger partial charge in [0.1, 0.15) is 12.4 Å². The number of benzene rings is 1. The van der Waals surface area contributed by atoms with Crippen LogP contribution >= 0.6 is 24.8 Å². The number of nitrogens with one attached hydrogen (secondary N) is 1. The molecule has 0 saturated carbocycles. The zero-order chi connectivity index (χ0) is 13.5. The van der Waals surface area contributed by atoms with Crippen LogP contribution in [0.1, 0.15) is 11.1 Å². The van der Waals surface area contributed by atoms with Gasteiger partial charge < -0.3 is 10.1 Å². The lowest BCUT2D eigenvalue weighted by Crippen LogP contribution is -2.52. The molecule has 0 spiro atoms. The van der Waals surface area contributed by atoms with E-state index in [9.17, 15) is 13.2 Å². The van der Waals surface area contributed by atoms with Gasteiger partial charge in [-0.1, -0.05) is 0 Å². The molecule has 2 aliphatic rings. The van der Waals surface area contributed by atoms with Crippen LogP contribution in [0.5, 0.6) is 5.75 Å². The van der Waals surface area contributed by atoms with Gasteiger partial charge in [-0.25, -0.2) is 0 Å². The average Bonchev–Trinajstić information content (AvgIpc) is 2.55. The summed E-state index contributed by atoms with van der Waals surface area (Å²) in [4.78, 5) is 2.18. The molecule has 1 N–H and O–H groups in total. The molecule has 3 nitrogen and oxygen atoms in total. The highest BCUT2D eigenvalue weighted by atomic mass is 35.5. The molecule has 1 fully saturated rings. The first-order valence-electron chi connectivity index (χ1n) is 6.32. The van der Waals surface area contributed by atoms with Crippen molar-refractivity contribution in [3.63, 3.8) is 0 Å². The Kier molecular flexibility index (Phi) is 6.16. The van der Waals surface area contributed by atoms with Gasteiger partial charge in [0.05, 0.1) is 11.6 Å². The second kappa shape index (κ2) is 7.05. The maximum Gasteiger partial charge on any atom is 0.416 e. The number of fused-ring (bicyclic) bond motifs is 2. The molecule has 1 saturated heterocycles. The van der Waals surface area contributed by atoms with Gasteiger partial charge in [-0.15, -0.1) is 24.8 Å². The fourth-order valence-electron chi connectivity index (χ4n) is 2.60. The van der Waals surface area contributed by atoms with Gasteiger partial charge in [-0.3, -0.25) is 4.90 Å². The normalized spacial score (nSPS) is 21.8. The van der Waals surface area contributed by atoms with Crippen LogP contribution in [0.2, 0.25) is 0 Å². The number of halogens is 5. The molecule has 0 amide bonds. The van der Waals surface area contributed by atoms with Gasteiger partial charge >= 0.3 is 6.18 Å². The third kappa shape index (κ3) is 3.94. The molecule has 1 aromatic rings. The molecule has 0 bridgehead atoms. The third-order valence-corrected chi connectivity index (χ3v) is 3.66. The van der Waals surface area contributed by atoms with Crippen molar-refractivity contribution in [1.29, 1.82) is 0 Å². The molecule has 1 aromatic carbocycles. The number of ether oxygens (including phenoxy) is 1. The van der Waals surface area contributed by atoms with E-state index < -0.39 is 11.7 Å². The van der Waals surface area contributed by atoms with Crippen LogP contribution < -0.4 is 10.1 Å². The molecule has 1 unspecified atom stereocenters. The Balaban J connectivity index is 0.00000110. The summed E-state index contributed by atoms with van der Waals surface area (Å²) in [7, 11) is 0. The molecule has 21 heavy (non-hydrogen) atoms. The molecule has 1 atom stereocenters. The first kappa shape index (κ1) is 18.4. The van der Waals surface area contributed by atoms with E-state index in [1.807, 2.05) is 0 Å². The number of rotatable bonds is 0. The zero-order valence-electron chi connectivity index (χ0n) is 11.2. The van der Waals surface area contributed by atoms with Crippen molar-refractivity contribution in [2.24, 2.45) is 0 Å². The van der Waals surface area contributed by atoms with Crippen molar-refractivity contribution in [2.45, 2.75) is 18.8 Å². The van der Waals surface area contributed by atoms with Crippen molar-refractivity contribution >= 4 is 24.8 Å². The van der Waals surface area contributed by atoms with Crippen LogP contribution in [0.25, 0.3) is 0 Å². The molecule has 2 heterocycles. The molecule has 120 valence electrons. The van der Waals surface area contributed by atoms with E-state index in [0.29, 0.717) is 24.5 Å². The van der Waals surface area contributed by atoms with Crippen LogP contribution in [0.15, 0.2) is 18.2 Å². The largest absolute Gasteiger partial charge is 0.492 e. The van der Waals surface area contributed by atoms with E-state index in [1.165, 1.54) is 12.1 Å². The minimum atomic E-state index is -4.30. The molecule has 0 radical (unpaired) electrons. The third-order valence-electron chi connectivity index (χ3n) is 3.66. The highest BCUT2D eigenvalue weighted by molar-refractivity contribution is 5.85. The fourth-order valence-corrected chi connectivity index (χ4v) is 2.60. The molecular formula is C13H17Cl2F3N2O. The number of hydrogen-bond donors (Lipinski definition) is 1. The second-order valence-corrected chi connectivity index (χ2v) is 4.96. The van der Waals surface area contributed by atoms with Crippen LogP contribution in [-0.4, -0.2) is 37.2 Å². The van der Waals surface area contributed by atoms with E-state index in [0.717, 1.165) is 25.7 Å². The minimum absolute atomic E-state index is 0. The van der Waals surface area contributed by atoms with Gasteiger partial charge in [0.25, 0.3) is 0 Å². The van der Waals surface area contributed by atoms with Crippen molar-refractivity contribution < 1.29 is 17.9 Å². The van der Waals surface area contributed by atoms with Crippen LogP contribution in [-0.2, 0) is 12.7 Å². The molecule has 2 aliphatic heterocycles. The SMILES string of the molecule is Cl.Cl.FC(F)(F)c1ccc2c(c1)CN1CCNCC1CO2. The van der Waals surface area contributed by atoms with E-state index in [-0.39, 0.29) is 30.9 Å². The Morgan fingerprint density at radius 3 is 2.71 bits per heavy atom. The summed E-state index contributed by atoms with van der Waals surface area (Å²) in [5, 5.41) is 3.27. The maximum atomic E-state index is 12.7. The Bertz CT molecular complexity index is 485. The summed E-state index contributed by atoms with van der Waals surface area (Å²) in [6, 6.07) is 3.96. The van der Waals surface area contributed by atoms with Gasteiger partial charge in [0.15, 0.2) is 0 Å². The van der Waals surface area contributed by atoms with E-state index >= 15 is 0 Å². The van der Waals surface area contributed by atoms with Gasteiger partial charge in [0, 0.05) is 31.7 Å². The van der Waals surface area contributed by atoms with Crippen molar-refractivity contribution in [3.05, 3.63) is 29.3 Å². The van der Waals surface area contributed by atoms with Crippen LogP contribution in [0.3, 0.4) is 0 Å². The van der Waals surface area contributed by atoms with E-state index in [1.54, 1.807) is 0 Å². The fraction of sp³-hybridized carbons (Fsp3) is 0.538. The number of alkyl halides is 3. The summed E-state index contributed by atoms with van der Waals surface area (Å²) >= 11 is 0. The lowest BCUT2D eigenvalue weighted by atomic mass is 10.1. The highest BCUT2D eigenvalue weighted by Gasteiger charge is 2.33. The van der Waals surface area contributed by atoms with E-state index in [2.05, 4.69) is 10.2 Å². The minimum Gasteiger partial charge on any atom is -0.492 e. The quantitative estimate of drug-likeness (QED) is 0.783. The topological polar surface area (TPSA) is 24.5 Å². The average molecular weight is 345 g/mol. The monoisotopic (exact) mass is 344 g/mol. The van der Waals surface area contributed by atoms with E-state index in [4.69, 9.17) is 4.74 Å². The Morgan fingerprint density at radius 1 is 1.24 bits per heavy atom. The predicted octanol–water partition coefficient (Wildman–Crippen LogP) is 2.72. The Morgan fingerprint density at radius 2 is 2.00 bits per heavy atom. The summed E-state index contributed by atoms with van der Waals surface area (Å²) in [5.74, 6) is 0.572. The second-order valence-electron chi connectivity index (χ2n) is 4.96. The zero-order valence-corrected chi connectivity index (χ0v) is 12.8. The first-order valence-corrected chi connectivity index (χ1v) is 6.32. The van der Waals surface area contributed by atoms with Crippen molar-refractivity contribution in [2.75, 3.05) is 26.2 Å². The molecule has 3 rings (SSSR count). The Hall–Kier alpha value is -0.690. The number of nitrogens with zero attached hydrogens (tertiary/aromatic N) is 1. The van der Waals surface area contributed by atoms with Crippen LogP contribution in [0.4, 0.5) is 13.2 Å². The summed E-state index contributed by atoms with van der Waals surface area (Å²) < 4.78 is 43.8. The smallest absolute Gasteiger partial charge is 0.416 e. The molecule has 0 aromatic heterocycles. The first-order chi connectivity index (χ1) is 9.04. The number of piperazine rings is 1. The maximum absolute atomic E-state index is 12.7. The number of hydrogen-bond acceptors (Lipinski definition) is 3. The van der Waals surface area contributed by atoms with Gasteiger partial charge in [-0.05, 0) is 18.2 Å². The summed E-state index contributed by atoms with van der Waals surface area (Å²) in [6.07, 6.45) is -4.30. The van der Waals surface area contributed by atoms with Gasteiger partial charge in [-0.2, -0.15) is 13.2 Å². The lowest BCUT2D eigenvalue weighted by molar-refractivity contribution is -0.137. The van der Waals surface area contributed by atoms with Crippen LogP contribution in [0, 0.1) is 0 Å². The molecular weight excluding hydrogens is 328 g/mol. The van der Waals surface area contributed by atoms with Gasteiger partial charge in [0.2, 0.25) is 0 Å².